The number of pyridine rings is 1. The van der Waals surface area contributed by atoms with Crippen LogP contribution < -0.4 is 10.2 Å². The highest BCUT2D eigenvalue weighted by Gasteiger charge is 2.39. The van der Waals surface area contributed by atoms with Gasteiger partial charge in [-0.1, -0.05) is 17.7 Å². The maximum Gasteiger partial charge on any atom is 0.294 e. The Bertz CT molecular complexity index is 910. The Hall–Kier alpha value is -2.47. The van der Waals surface area contributed by atoms with E-state index in [4.69, 9.17) is 9.81 Å². The van der Waals surface area contributed by atoms with Gasteiger partial charge in [-0.15, -0.1) is 0 Å². The summed E-state index contributed by atoms with van der Waals surface area (Å²) in [5.74, 6) is 0.788. The first kappa shape index (κ1) is 18.3. The van der Waals surface area contributed by atoms with Crippen LogP contribution in [0.4, 0.5) is 5.69 Å². The van der Waals surface area contributed by atoms with Gasteiger partial charge in [0.25, 0.3) is 10.1 Å². The third-order valence-electron chi connectivity index (χ3n) is 4.62. The van der Waals surface area contributed by atoms with E-state index in [-0.39, 0.29) is 4.90 Å². The minimum absolute atomic E-state index is 0.0666. The van der Waals surface area contributed by atoms with Gasteiger partial charge in [0.2, 0.25) is 0 Å². The molecule has 8 heteroatoms. The van der Waals surface area contributed by atoms with Crippen LogP contribution in [0.2, 0.25) is 0 Å². The summed E-state index contributed by atoms with van der Waals surface area (Å²) in [5.41, 5.74) is 2.67. The van der Waals surface area contributed by atoms with Crippen LogP contribution >= 0.6 is 0 Å². The van der Waals surface area contributed by atoms with Crippen molar-refractivity contribution in [2.45, 2.75) is 17.9 Å². The maximum absolute atomic E-state index is 10.5. The number of aryl methyl sites for hydroxylation is 1. The second-order valence-corrected chi connectivity index (χ2v) is 7.93. The molecule has 0 unspecified atom stereocenters. The van der Waals surface area contributed by atoms with E-state index < -0.39 is 10.1 Å². The zero-order chi connectivity index (χ0) is 18.7. The van der Waals surface area contributed by atoms with Crippen molar-refractivity contribution in [2.24, 2.45) is 5.92 Å². The van der Waals surface area contributed by atoms with Crippen molar-refractivity contribution in [2.75, 3.05) is 24.5 Å². The molecular weight excluding hydrogens is 352 g/mol. The molecule has 0 radical (unpaired) electrons. The molecule has 4 rings (SSSR count). The summed E-state index contributed by atoms with van der Waals surface area (Å²) in [5, 5.41) is 12.2. The third-order valence-corrected chi connectivity index (χ3v) is 5.49. The van der Waals surface area contributed by atoms with Crippen LogP contribution in [0.5, 0.6) is 0 Å². The van der Waals surface area contributed by atoms with E-state index in [0.717, 1.165) is 36.8 Å². The molecule has 2 aromatic rings. The molecule has 136 valence electrons. The topological polar surface area (TPSA) is 106 Å². The fourth-order valence-corrected chi connectivity index (χ4v) is 3.51. The van der Waals surface area contributed by atoms with Gasteiger partial charge in [0.05, 0.1) is 22.3 Å². The molecular formula is C18H20N4O3S. The van der Waals surface area contributed by atoms with Crippen molar-refractivity contribution in [3.8, 4) is 6.07 Å². The summed E-state index contributed by atoms with van der Waals surface area (Å²) < 4.78 is 29.6. The van der Waals surface area contributed by atoms with E-state index in [1.807, 2.05) is 19.2 Å². The van der Waals surface area contributed by atoms with Gasteiger partial charge in [0.15, 0.2) is 0 Å². The number of nitrogens with zero attached hydrogens (tertiary/aromatic N) is 3. The number of rotatable bonds is 2. The van der Waals surface area contributed by atoms with Gasteiger partial charge in [-0.3, -0.25) is 9.54 Å². The molecule has 2 aliphatic heterocycles. The molecule has 0 bridgehead atoms. The maximum atomic E-state index is 10.5. The molecule has 0 aliphatic carbocycles. The molecule has 2 fully saturated rings. The van der Waals surface area contributed by atoms with Gasteiger partial charge in [0.1, 0.15) is 6.07 Å². The van der Waals surface area contributed by atoms with Crippen molar-refractivity contribution < 1.29 is 13.0 Å². The number of aromatic nitrogens is 1. The van der Waals surface area contributed by atoms with E-state index >= 15 is 0 Å². The van der Waals surface area contributed by atoms with Crippen molar-refractivity contribution in [3.63, 3.8) is 0 Å². The predicted octanol–water partition coefficient (Wildman–Crippen LogP) is 1.60. The van der Waals surface area contributed by atoms with Crippen LogP contribution in [0.15, 0.2) is 47.6 Å². The van der Waals surface area contributed by atoms with Gasteiger partial charge >= 0.3 is 0 Å². The standard InChI is InChI=1S/C11H12N4.C7H8O3S/c12-2-8-1-10(5-13-3-8)15-6-9-4-14-11(9)7-15;1-6-2-4-7(5-3-6)11(8,9)10/h1,3,5,9,11,14H,4,6-7H2;2-5H,1H3,(H,8,9,10)/t9-,11+;/m0./s1. The van der Waals surface area contributed by atoms with Gasteiger partial charge in [-0.05, 0) is 25.1 Å². The molecule has 0 saturated carbocycles. The summed E-state index contributed by atoms with van der Waals surface area (Å²) >= 11 is 0. The predicted molar refractivity (Wildman–Crippen MR) is 97.4 cm³/mol. The zero-order valence-corrected chi connectivity index (χ0v) is 15.1. The molecule has 3 heterocycles. The molecule has 2 atom stereocenters. The molecule has 0 spiro atoms. The molecule has 2 aliphatic rings. The summed E-state index contributed by atoms with van der Waals surface area (Å²) in [6.45, 7) is 5.11. The monoisotopic (exact) mass is 372 g/mol. The lowest BCUT2D eigenvalue weighted by Crippen LogP contribution is -2.51. The highest BCUT2D eigenvalue weighted by Crippen LogP contribution is 2.28. The van der Waals surface area contributed by atoms with Gasteiger partial charge in [0, 0.05) is 37.8 Å². The zero-order valence-electron chi connectivity index (χ0n) is 14.3. The number of nitrogens with one attached hydrogen (secondary N) is 1. The van der Waals surface area contributed by atoms with Crippen LogP contribution in [0.25, 0.3) is 0 Å². The Balaban J connectivity index is 0.000000160. The minimum atomic E-state index is -4.02. The fraction of sp³-hybridized carbons (Fsp3) is 0.333. The van der Waals surface area contributed by atoms with Crippen molar-refractivity contribution in [1.82, 2.24) is 10.3 Å². The molecule has 26 heavy (non-hydrogen) atoms. The van der Waals surface area contributed by atoms with E-state index in [9.17, 15) is 8.42 Å². The van der Waals surface area contributed by atoms with Crippen LogP contribution in [0.1, 0.15) is 11.1 Å². The molecule has 1 aromatic carbocycles. The summed E-state index contributed by atoms with van der Waals surface area (Å²) in [6, 6.07) is 10.7. The average molecular weight is 372 g/mol. The third kappa shape index (κ3) is 4.19. The second kappa shape index (κ2) is 7.41. The van der Waals surface area contributed by atoms with Crippen molar-refractivity contribution in [1.29, 1.82) is 5.26 Å². The van der Waals surface area contributed by atoms with Crippen molar-refractivity contribution in [3.05, 3.63) is 53.9 Å². The summed E-state index contributed by atoms with van der Waals surface area (Å²) in [7, 11) is -4.02. The van der Waals surface area contributed by atoms with Gasteiger partial charge in [-0.25, -0.2) is 0 Å². The normalized spacial score (nSPS) is 21.0. The lowest BCUT2D eigenvalue weighted by molar-refractivity contribution is 0.297. The van der Waals surface area contributed by atoms with E-state index in [2.05, 4.69) is 21.3 Å². The number of benzene rings is 1. The lowest BCUT2D eigenvalue weighted by Gasteiger charge is -2.29. The number of hydrogen-bond acceptors (Lipinski definition) is 6. The molecule has 2 saturated heterocycles. The van der Waals surface area contributed by atoms with Crippen LogP contribution in [0, 0.1) is 24.2 Å². The quantitative estimate of drug-likeness (QED) is 0.771. The van der Waals surface area contributed by atoms with E-state index in [1.165, 1.54) is 12.1 Å². The highest BCUT2D eigenvalue weighted by atomic mass is 32.2. The summed E-state index contributed by atoms with van der Waals surface area (Å²) in [4.78, 5) is 6.33. The molecule has 7 nitrogen and oxygen atoms in total. The Morgan fingerprint density at radius 1 is 1.27 bits per heavy atom. The smallest absolute Gasteiger partial charge is 0.294 e. The first-order valence-electron chi connectivity index (χ1n) is 8.24. The van der Waals surface area contributed by atoms with Gasteiger partial charge in [-0.2, -0.15) is 13.7 Å². The molecule has 1 aromatic heterocycles. The van der Waals surface area contributed by atoms with Crippen LogP contribution in [-0.4, -0.2) is 43.6 Å². The number of anilines is 1. The van der Waals surface area contributed by atoms with Crippen LogP contribution in [0.3, 0.4) is 0 Å². The Morgan fingerprint density at radius 2 is 2.00 bits per heavy atom. The highest BCUT2D eigenvalue weighted by molar-refractivity contribution is 7.85. The largest absolute Gasteiger partial charge is 0.368 e. The Kier molecular flexibility index (Phi) is 5.23. The second-order valence-electron chi connectivity index (χ2n) is 6.51. The first-order valence-corrected chi connectivity index (χ1v) is 9.68. The number of nitriles is 1. The molecule has 0 amide bonds. The SMILES string of the molecule is Cc1ccc(S(=O)(=O)O)cc1.N#Cc1cncc(N2C[C@@H]3CN[C@@H]3C2)c1. The summed E-state index contributed by atoms with van der Waals surface area (Å²) in [6.07, 6.45) is 3.44. The van der Waals surface area contributed by atoms with E-state index in [1.54, 1.807) is 18.3 Å². The lowest BCUT2D eigenvalue weighted by atomic mass is 9.96. The number of hydrogen-bond donors (Lipinski definition) is 2. The van der Waals surface area contributed by atoms with Gasteiger partial charge < -0.3 is 10.2 Å². The minimum Gasteiger partial charge on any atom is -0.368 e. The van der Waals surface area contributed by atoms with E-state index in [0.29, 0.717) is 11.6 Å². The average Bonchev–Trinajstić information content (AvgIpc) is 2.90. The fourth-order valence-electron chi connectivity index (χ4n) is 3.03. The van der Waals surface area contributed by atoms with Crippen molar-refractivity contribution >= 4 is 15.8 Å². The Morgan fingerprint density at radius 3 is 2.50 bits per heavy atom. The molecule has 2 N–H and O–H groups in total. The first-order chi connectivity index (χ1) is 12.4. The Labute approximate surface area is 153 Å². The van der Waals surface area contributed by atoms with Crippen LogP contribution in [-0.2, 0) is 10.1 Å². The number of fused-ring (bicyclic) bond motifs is 1.